The van der Waals surface area contributed by atoms with Crippen molar-refractivity contribution in [2.75, 3.05) is 6.54 Å². The highest BCUT2D eigenvalue weighted by molar-refractivity contribution is 9.10. The Morgan fingerprint density at radius 2 is 1.89 bits per heavy atom. The van der Waals surface area contributed by atoms with Crippen LogP contribution in [0.2, 0.25) is 5.02 Å². The van der Waals surface area contributed by atoms with Crippen molar-refractivity contribution in [3.8, 4) is 11.5 Å². The summed E-state index contributed by atoms with van der Waals surface area (Å²) >= 11 is 9.44. The Hall–Kier alpha value is -1.03. The van der Waals surface area contributed by atoms with Crippen LogP contribution in [0, 0.1) is 0 Å². The van der Waals surface area contributed by atoms with Gasteiger partial charge in [-0.05, 0) is 64.8 Å². The van der Waals surface area contributed by atoms with Crippen molar-refractivity contribution in [3.63, 3.8) is 0 Å². The van der Waals surface area contributed by atoms with E-state index in [9.17, 15) is 0 Å². The van der Waals surface area contributed by atoms with Crippen molar-refractivity contribution in [2.24, 2.45) is 5.73 Å². The van der Waals surface area contributed by atoms with Gasteiger partial charge in [-0.3, -0.25) is 0 Å². The first-order valence-corrected chi connectivity index (χ1v) is 6.78. The van der Waals surface area contributed by atoms with Crippen molar-refractivity contribution in [2.45, 2.75) is 6.42 Å². The molecule has 0 aromatic heterocycles. The largest absolute Gasteiger partial charge is 0.456 e. The number of para-hydroxylation sites is 1. The van der Waals surface area contributed by atoms with Crippen molar-refractivity contribution >= 4 is 27.5 Å². The lowest BCUT2D eigenvalue weighted by Crippen LogP contribution is -2.04. The highest BCUT2D eigenvalue weighted by Gasteiger charge is 2.07. The van der Waals surface area contributed by atoms with Gasteiger partial charge in [0.25, 0.3) is 0 Å². The van der Waals surface area contributed by atoms with Crippen LogP contribution in [0.3, 0.4) is 0 Å². The second kappa shape index (κ2) is 6.23. The summed E-state index contributed by atoms with van der Waals surface area (Å²) < 4.78 is 6.80. The topological polar surface area (TPSA) is 35.2 Å². The molecule has 0 aliphatic carbocycles. The van der Waals surface area contributed by atoms with E-state index in [0.29, 0.717) is 11.6 Å². The van der Waals surface area contributed by atoms with E-state index in [2.05, 4.69) is 15.9 Å². The number of halogens is 2. The lowest BCUT2D eigenvalue weighted by Gasteiger charge is -2.12. The highest BCUT2D eigenvalue weighted by Crippen LogP contribution is 2.32. The van der Waals surface area contributed by atoms with Gasteiger partial charge in [0.2, 0.25) is 0 Å². The second-order valence-corrected chi connectivity index (χ2v) is 5.11. The zero-order valence-electron chi connectivity index (χ0n) is 9.70. The molecule has 0 saturated carbocycles. The zero-order chi connectivity index (χ0) is 13.0. The van der Waals surface area contributed by atoms with Gasteiger partial charge in [-0.2, -0.15) is 0 Å². The van der Waals surface area contributed by atoms with Crippen LogP contribution < -0.4 is 10.5 Å². The third kappa shape index (κ3) is 3.25. The van der Waals surface area contributed by atoms with E-state index in [1.807, 2.05) is 42.5 Å². The zero-order valence-corrected chi connectivity index (χ0v) is 12.0. The Labute approximate surface area is 120 Å². The molecular formula is C14H13BrClNO. The fraction of sp³-hybridized carbons (Fsp3) is 0.143. The van der Waals surface area contributed by atoms with Gasteiger partial charge in [-0.25, -0.2) is 0 Å². The number of ether oxygens (including phenoxy) is 1. The first-order chi connectivity index (χ1) is 8.70. The summed E-state index contributed by atoms with van der Waals surface area (Å²) in [6.45, 7) is 0.562. The lowest BCUT2D eigenvalue weighted by atomic mass is 10.1. The molecular weight excluding hydrogens is 314 g/mol. The maximum atomic E-state index is 5.98. The van der Waals surface area contributed by atoms with Crippen LogP contribution in [0.4, 0.5) is 0 Å². The Morgan fingerprint density at radius 3 is 2.61 bits per heavy atom. The van der Waals surface area contributed by atoms with Gasteiger partial charge >= 0.3 is 0 Å². The van der Waals surface area contributed by atoms with Crippen LogP contribution in [0.1, 0.15) is 5.56 Å². The molecule has 0 radical (unpaired) electrons. The number of hydrogen-bond donors (Lipinski definition) is 1. The van der Waals surface area contributed by atoms with E-state index in [0.717, 1.165) is 28.0 Å². The number of benzene rings is 2. The van der Waals surface area contributed by atoms with Crippen LogP contribution in [0.5, 0.6) is 11.5 Å². The molecule has 0 spiro atoms. The van der Waals surface area contributed by atoms with Gasteiger partial charge in [0, 0.05) is 5.02 Å². The van der Waals surface area contributed by atoms with E-state index in [1.54, 1.807) is 0 Å². The second-order valence-electron chi connectivity index (χ2n) is 3.82. The molecule has 2 aromatic carbocycles. The number of rotatable bonds is 4. The third-order valence-corrected chi connectivity index (χ3v) is 3.38. The molecule has 0 aliphatic heterocycles. The molecule has 18 heavy (non-hydrogen) atoms. The minimum atomic E-state index is 0.562. The summed E-state index contributed by atoms with van der Waals surface area (Å²) in [5.74, 6) is 1.56. The summed E-state index contributed by atoms with van der Waals surface area (Å²) in [7, 11) is 0. The first kappa shape index (κ1) is 13.4. The van der Waals surface area contributed by atoms with Crippen molar-refractivity contribution < 1.29 is 4.74 Å². The minimum Gasteiger partial charge on any atom is -0.456 e. The fourth-order valence-corrected chi connectivity index (χ4v) is 2.20. The summed E-state index contributed by atoms with van der Waals surface area (Å²) in [5.41, 5.74) is 6.61. The Bertz CT molecular complexity index is 545. The predicted molar refractivity (Wildman–Crippen MR) is 78.4 cm³/mol. The van der Waals surface area contributed by atoms with Gasteiger partial charge in [-0.15, -0.1) is 0 Å². The molecule has 0 saturated heterocycles. The number of hydrogen-bond acceptors (Lipinski definition) is 2. The van der Waals surface area contributed by atoms with Gasteiger partial charge in [0.1, 0.15) is 11.5 Å². The van der Waals surface area contributed by atoms with Gasteiger partial charge in [-0.1, -0.05) is 23.7 Å². The van der Waals surface area contributed by atoms with E-state index in [1.165, 1.54) is 0 Å². The molecule has 2 rings (SSSR count). The van der Waals surface area contributed by atoms with E-state index >= 15 is 0 Å². The maximum absolute atomic E-state index is 5.98. The molecule has 0 atom stereocenters. The Balaban J connectivity index is 2.31. The molecule has 0 heterocycles. The van der Waals surface area contributed by atoms with Crippen LogP contribution in [0.25, 0.3) is 0 Å². The first-order valence-electron chi connectivity index (χ1n) is 5.61. The summed E-state index contributed by atoms with van der Waals surface area (Å²) in [6.07, 6.45) is 0.736. The summed E-state index contributed by atoms with van der Waals surface area (Å²) in [5, 5.41) is 0.693. The molecule has 0 unspecified atom stereocenters. The molecule has 0 bridgehead atoms. The Kier molecular flexibility index (Phi) is 4.64. The average molecular weight is 327 g/mol. The van der Waals surface area contributed by atoms with Crippen LogP contribution >= 0.6 is 27.5 Å². The standard InChI is InChI=1S/C14H13BrClNO/c15-12-3-1-2-4-14(12)18-13-6-5-11(16)9-10(13)7-8-17/h1-6,9H,7-8,17H2. The van der Waals surface area contributed by atoms with E-state index in [4.69, 9.17) is 22.1 Å². The van der Waals surface area contributed by atoms with Crippen LogP contribution in [0.15, 0.2) is 46.9 Å². The van der Waals surface area contributed by atoms with Crippen molar-refractivity contribution in [1.29, 1.82) is 0 Å². The number of nitrogens with two attached hydrogens (primary N) is 1. The van der Waals surface area contributed by atoms with Gasteiger partial charge in [0.05, 0.1) is 4.47 Å². The molecule has 0 amide bonds. The predicted octanol–water partition coefficient (Wildman–Crippen LogP) is 4.40. The molecule has 94 valence electrons. The van der Waals surface area contributed by atoms with Crippen molar-refractivity contribution in [3.05, 3.63) is 57.5 Å². The lowest BCUT2D eigenvalue weighted by molar-refractivity contribution is 0.473. The van der Waals surface area contributed by atoms with Gasteiger partial charge < -0.3 is 10.5 Å². The van der Waals surface area contributed by atoms with Gasteiger partial charge in [0.15, 0.2) is 0 Å². The molecule has 2 aromatic rings. The fourth-order valence-electron chi connectivity index (χ4n) is 1.64. The van der Waals surface area contributed by atoms with Crippen LogP contribution in [-0.2, 0) is 6.42 Å². The molecule has 2 nitrogen and oxygen atoms in total. The molecule has 0 fully saturated rings. The molecule has 2 N–H and O–H groups in total. The quantitative estimate of drug-likeness (QED) is 0.904. The van der Waals surface area contributed by atoms with Crippen LogP contribution in [-0.4, -0.2) is 6.54 Å². The smallest absolute Gasteiger partial charge is 0.141 e. The summed E-state index contributed by atoms with van der Waals surface area (Å²) in [6, 6.07) is 13.3. The monoisotopic (exact) mass is 325 g/mol. The molecule has 4 heteroatoms. The summed E-state index contributed by atoms with van der Waals surface area (Å²) in [4.78, 5) is 0. The Morgan fingerprint density at radius 1 is 1.11 bits per heavy atom. The molecule has 0 aliphatic rings. The maximum Gasteiger partial charge on any atom is 0.141 e. The highest BCUT2D eigenvalue weighted by atomic mass is 79.9. The van der Waals surface area contributed by atoms with E-state index < -0.39 is 0 Å². The van der Waals surface area contributed by atoms with Crippen molar-refractivity contribution in [1.82, 2.24) is 0 Å². The van der Waals surface area contributed by atoms with E-state index in [-0.39, 0.29) is 0 Å². The minimum absolute atomic E-state index is 0.562. The third-order valence-electron chi connectivity index (χ3n) is 2.49. The average Bonchev–Trinajstić information content (AvgIpc) is 2.35. The SMILES string of the molecule is NCCc1cc(Cl)ccc1Oc1ccccc1Br. The normalized spacial score (nSPS) is 10.4.